The van der Waals surface area contributed by atoms with E-state index in [1.54, 1.807) is 12.1 Å². The Balaban J connectivity index is 1.41. The summed E-state index contributed by atoms with van der Waals surface area (Å²) >= 11 is 5.83. The van der Waals surface area contributed by atoms with Gasteiger partial charge in [-0.1, -0.05) is 47.1 Å². The van der Waals surface area contributed by atoms with E-state index < -0.39 is 0 Å². The Morgan fingerprint density at radius 1 is 0.963 bits per heavy atom. The lowest BCUT2D eigenvalue weighted by molar-refractivity contribution is 0.0944. The van der Waals surface area contributed by atoms with E-state index in [2.05, 4.69) is 20.8 Å². The molecule has 3 aromatic rings. The van der Waals surface area contributed by atoms with Crippen molar-refractivity contribution in [2.24, 2.45) is 0 Å². The molecule has 2 heterocycles. The molecule has 3 rings (SSSR count). The van der Waals surface area contributed by atoms with E-state index in [0.717, 1.165) is 5.56 Å². The molecule has 27 heavy (non-hydrogen) atoms. The molecule has 8 heteroatoms. The molecule has 0 bridgehead atoms. The van der Waals surface area contributed by atoms with Crippen molar-refractivity contribution in [1.29, 1.82) is 0 Å². The molecular formula is C19H17ClN4O3. The van der Waals surface area contributed by atoms with Crippen molar-refractivity contribution >= 4 is 23.4 Å². The van der Waals surface area contributed by atoms with Crippen molar-refractivity contribution in [3.05, 3.63) is 71.1 Å². The Kier molecular flexibility index (Phi) is 6.17. The summed E-state index contributed by atoms with van der Waals surface area (Å²) in [5.74, 6) is -0.112. The van der Waals surface area contributed by atoms with Gasteiger partial charge in [0.25, 0.3) is 11.8 Å². The second-order valence-corrected chi connectivity index (χ2v) is 6.10. The number of hydrogen-bond acceptors (Lipinski definition) is 5. The molecule has 0 radical (unpaired) electrons. The summed E-state index contributed by atoms with van der Waals surface area (Å²) in [6, 6.07) is 14.1. The third-order valence-corrected chi connectivity index (χ3v) is 3.92. The average molecular weight is 385 g/mol. The molecule has 0 unspecified atom stereocenters. The van der Waals surface area contributed by atoms with Gasteiger partial charge in [-0.3, -0.25) is 14.6 Å². The Labute approximate surface area is 160 Å². The standard InChI is InChI=1S/C19H17ClN4O3/c20-14-7-10-21-15(11-14)18(25)22-8-4-9-23-19(26)16-12-17(27-24-16)13-5-2-1-3-6-13/h1-3,5-7,10-12H,4,8-9H2,(H,22,25)(H,23,26). The van der Waals surface area contributed by atoms with Crippen molar-refractivity contribution in [3.8, 4) is 11.3 Å². The maximum Gasteiger partial charge on any atom is 0.273 e. The number of pyridine rings is 1. The largest absolute Gasteiger partial charge is 0.355 e. The van der Waals surface area contributed by atoms with Crippen LogP contribution in [0.3, 0.4) is 0 Å². The zero-order valence-corrected chi connectivity index (χ0v) is 15.1. The van der Waals surface area contributed by atoms with Gasteiger partial charge in [0.05, 0.1) is 0 Å². The third-order valence-electron chi connectivity index (χ3n) is 3.68. The number of rotatable bonds is 7. The summed E-state index contributed by atoms with van der Waals surface area (Å²) in [7, 11) is 0. The van der Waals surface area contributed by atoms with Crippen LogP contribution in [0.5, 0.6) is 0 Å². The minimum atomic E-state index is -0.330. The quantitative estimate of drug-likeness (QED) is 0.610. The fourth-order valence-electron chi connectivity index (χ4n) is 2.32. The van der Waals surface area contributed by atoms with Gasteiger partial charge in [0.15, 0.2) is 11.5 Å². The Morgan fingerprint density at radius 3 is 2.37 bits per heavy atom. The van der Waals surface area contributed by atoms with Crippen LogP contribution in [0.25, 0.3) is 11.3 Å². The van der Waals surface area contributed by atoms with Crippen LogP contribution in [0.4, 0.5) is 0 Å². The van der Waals surface area contributed by atoms with E-state index in [4.69, 9.17) is 16.1 Å². The van der Waals surface area contributed by atoms with Gasteiger partial charge in [0.2, 0.25) is 0 Å². The molecular weight excluding hydrogens is 368 g/mol. The van der Waals surface area contributed by atoms with E-state index in [1.807, 2.05) is 30.3 Å². The van der Waals surface area contributed by atoms with Gasteiger partial charge in [-0.2, -0.15) is 0 Å². The molecule has 0 spiro atoms. The van der Waals surface area contributed by atoms with Crippen molar-refractivity contribution in [1.82, 2.24) is 20.8 Å². The highest BCUT2D eigenvalue weighted by molar-refractivity contribution is 6.30. The first kappa shape index (κ1) is 18.6. The molecule has 2 amide bonds. The Morgan fingerprint density at radius 2 is 1.67 bits per heavy atom. The fraction of sp³-hybridized carbons (Fsp3) is 0.158. The van der Waals surface area contributed by atoms with E-state index in [-0.39, 0.29) is 23.2 Å². The first-order chi connectivity index (χ1) is 13.1. The number of benzene rings is 1. The first-order valence-corrected chi connectivity index (χ1v) is 8.71. The first-order valence-electron chi connectivity index (χ1n) is 8.33. The van der Waals surface area contributed by atoms with Crippen LogP contribution in [0.15, 0.2) is 59.3 Å². The minimum Gasteiger partial charge on any atom is -0.355 e. The highest BCUT2D eigenvalue weighted by atomic mass is 35.5. The van der Waals surface area contributed by atoms with Crippen LogP contribution < -0.4 is 10.6 Å². The molecule has 2 aromatic heterocycles. The lowest BCUT2D eigenvalue weighted by atomic mass is 10.1. The predicted molar refractivity (Wildman–Crippen MR) is 100 cm³/mol. The topological polar surface area (TPSA) is 97.1 Å². The zero-order chi connectivity index (χ0) is 19.1. The second kappa shape index (κ2) is 8.95. The summed E-state index contributed by atoms with van der Waals surface area (Å²) in [6.07, 6.45) is 2.03. The van der Waals surface area contributed by atoms with Crippen LogP contribution in [0.1, 0.15) is 27.4 Å². The van der Waals surface area contributed by atoms with Crippen LogP contribution in [-0.4, -0.2) is 35.0 Å². The number of nitrogens with zero attached hydrogens (tertiary/aromatic N) is 2. The molecule has 0 saturated heterocycles. The third kappa shape index (κ3) is 5.15. The SMILES string of the molecule is O=C(NCCCNC(=O)c1cc(-c2ccccc2)on1)c1cc(Cl)ccn1. The predicted octanol–water partition coefficient (Wildman–Crippen LogP) is 2.94. The molecule has 0 fully saturated rings. The maximum absolute atomic E-state index is 12.1. The molecule has 2 N–H and O–H groups in total. The molecule has 0 aliphatic heterocycles. The summed E-state index contributed by atoms with van der Waals surface area (Å²) in [5.41, 5.74) is 1.31. The van der Waals surface area contributed by atoms with Gasteiger partial charge in [-0.05, 0) is 18.6 Å². The van der Waals surface area contributed by atoms with Crippen molar-refractivity contribution < 1.29 is 14.1 Å². The second-order valence-electron chi connectivity index (χ2n) is 5.67. The molecule has 7 nitrogen and oxygen atoms in total. The number of carbonyl (C=O) groups excluding carboxylic acids is 2. The summed E-state index contributed by atoms with van der Waals surface area (Å²) in [5, 5.41) is 9.70. The molecule has 0 aliphatic carbocycles. The monoisotopic (exact) mass is 384 g/mol. The minimum absolute atomic E-state index is 0.209. The van der Waals surface area contributed by atoms with E-state index >= 15 is 0 Å². The number of halogens is 1. The molecule has 0 saturated carbocycles. The summed E-state index contributed by atoms with van der Waals surface area (Å²) in [4.78, 5) is 28.0. The van der Waals surface area contributed by atoms with Crippen molar-refractivity contribution in [2.75, 3.05) is 13.1 Å². The highest BCUT2D eigenvalue weighted by Gasteiger charge is 2.13. The van der Waals surface area contributed by atoms with Gasteiger partial charge in [0.1, 0.15) is 5.69 Å². The van der Waals surface area contributed by atoms with Gasteiger partial charge >= 0.3 is 0 Å². The Hall–Kier alpha value is -3.19. The van der Waals surface area contributed by atoms with Gasteiger partial charge in [-0.15, -0.1) is 0 Å². The van der Waals surface area contributed by atoms with Crippen LogP contribution in [0, 0.1) is 0 Å². The van der Waals surface area contributed by atoms with Gasteiger partial charge in [-0.25, -0.2) is 0 Å². The van der Waals surface area contributed by atoms with E-state index in [9.17, 15) is 9.59 Å². The fourth-order valence-corrected chi connectivity index (χ4v) is 2.48. The summed E-state index contributed by atoms with van der Waals surface area (Å²) in [6.45, 7) is 0.775. The van der Waals surface area contributed by atoms with E-state index in [0.29, 0.717) is 30.3 Å². The maximum atomic E-state index is 12.1. The average Bonchev–Trinajstić information content (AvgIpc) is 3.18. The molecule has 138 valence electrons. The molecule has 1 aromatic carbocycles. The van der Waals surface area contributed by atoms with Crippen molar-refractivity contribution in [2.45, 2.75) is 6.42 Å². The van der Waals surface area contributed by atoms with Crippen molar-refractivity contribution in [3.63, 3.8) is 0 Å². The number of aromatic nitrogens is 2. The van der Waals surface area contributed by atoms with E-state index in [1.165, 1.54) is 12.3 Å². The number of nitrogens with one attached hydrogen (secondary N) is 2. The molecule has 0 aliphatic rings. The smallest absolute Gasteiger partial charge is 0.273 e. The zero-order valence-electron chi connectivity index (χ0n) is 14.3. The number of hydrogen-bond donors (Lipinski definition) is 2. The lowest BCUT2D eigenvalue weighted by Gasteiger charge is -2.05. The number of carbonyl (C=O) groups is 2. The lowest BCUT2D eigenvalue weighted by Crippen LogP contribution is -2.30. The number of amides is 2. The van der Waals surface area contributed by atoms with Crippen LogP contribution in [-0.2, 0) is 0 Å². The van der Waals surface area contributed by atoms with Gasteiger partial charge in [0, 0.05) is 35.9 Å². The Bertz CT molecular complexity index is 927. The van der Waals surface area contributed by atoms with Gasteiger partial charge < -0.3 is 15.2 Å². The normalized spacial score (nSPS) is 10.4. The van der Waals surface area contributed by atoms with Crippen LogP contribution in [0.2, 0.25) is 5.02 Å². The van der Waals surface area contributed by atoms with Crippen LogP contribution >= 0.6 is 11.6 Å². The molecule has 0 atom stereocenters. The summed E-state index contributed by atoms with van der Waals surface area (Å²) < 4.78 is 5.20. The highest BCUT2D eigenvalue weighted by Crippen LogP contribution is 2.19.